The Morgan fingerprint density at radius 3 is 2.39 bits per heavy atom. The van der Waals surface area contributed by atoms with Gasteiger partial charge in [0.1, 0.15) is 0 Å². The molecule has 6 heteroatoms. The summed E-state index contributed by atoms with van der Waals surface area (Å²) >= 11 is 0. The minimum absolute atomic E-state index is 0.00660. The summed E-state index contributed by atoms with van der Waals surface area (Å²) in [6.45, 7) is 8.12. The number of rotatable bonds is 4. The predicted molar refractivity (Wildman–Crippen MR) is 128 cm³/mol. The Morgan fingerprint density at radius 2 is 1.79 bits per heavy atom. The Bertz CT molecular complexity index is 1050. The molecule has 3 fully saturated rings. The van der Waals surface area contributed by atoms with Crippen LogP contribution in [0.1, 0.15) is 80.2 Å². The van der Waals surface area contributed by atoms with E-state index < -0.39 is 0 Å². The second kappa shape index (κ2) is 8.30. The van der Waals surface area contributed by atoms with Gasteiger partial charge >= 0.3 is 0 Å². The summed E-state index contributed by atoms with van der Waals surface area (Å²) < 4.78 is 0. The normalized spacial score (nSPS) is 30.9. The van der Waals surface area contributed by atoms with Crippen LogP contribution < -0.4 is 0 Å². The Balaban J connectivity index is 1.61. The molecule has 1 aliphatic carbocycles. The van der Waals surface area contributed by atoms with E-state index in [0.29, 0.717) is 5.69 Å². The second-order valence-corrected chi connectivity index (χ2v) is 10.5. The van der Waals surface area contributed by atoms with E-state index in [2.05, 4.69) is 58.1 Å². The lowest BCUT2D eigenvalue weighted by atomic mass is 9.69. The Hall–Kier alpha value is -2.63. The number of aryl methyl sites for hydroxylation is 1. The van der Waals surface area contributed by atoms with Crippen LogP contribution in [0.3, 0.4) is 0 Å². The quantitative estimate of drug-likeness (QED) is 0.759. The molecule has 2 aliphatic heterocycles. The molecule has 3 heterocycles. The number of hydrogen-bond donors (Lipinski definition) is 1. The first-order valence-electron chi connectivity index (χ1n) is 12.6. The van der Waals surface area contributed by atoms with E-state index in [-0.39, 0.29) is 41.4 Å². The zero-order chi connectivity index (χ0) is 23.3. The van der Waals surface area contributed by atoms with Crippen molar-refractivity contribution in [3.8, 4) is 0 Å². The van der Waals surface area contributed by atoms with Crippen molar-refractivity contribution in [3.63, 3.8) is 0 Å². The largest absolute Gasteiger partial charge is 0.334 e. The minimum atomic E-state index is -0.0759. The molecule has 0 unspecified atom stereocenters. The lowest BCUT2D eigenvalue weighted by Crippen LogP contribution is -2.61. The summed E-state index contributed by atoms with van der Waals surface area (Å²) in [4.78, 5) is 31.6. The molecule has 1 N–H and O–H groups in total. The number of H-pyrrole nitrogens is 1. The lowest BCUT2D eigenvalue weighted by Gasteiger charge is -2.50. The number of piperidine rings is 1. The topological polar surface area (TPSA) is 69.3 Å². The van der Waals surface area contributed by atoms with Crippen molar-refractivity contribution in [3.05, 3.63) is 52.8 Å². The number of nitrogens with one attached hydrogen (secondary N) is 1. The molecule has 5 atom stereocenters. The van der Waals surface area contributed by atoms with Gasteiger partial charge in [0, 0.05) is 35.7 Å². The summed E-state index contributed by atoms with van der Waals surface area (Å²) in [5.41, 5.74) is 3.68. The predicted octanol–water partition coefficient (Wildman–Crippen LogP) is 4.29. The van der Waals surface area contributed by atoms with E-state index in [4.69, 9.17) is 0 Å². The van der Waals surface area contributed by atoms with Crippen LogP contribution in [0.4, 0.5) is 0 Å². The minimum Gasteiger partial charge on any atom is -0.334 e. The lowest BCUT2D eigenvalue weighted by molar-refractivity contribution is -0.141. The molecular weight excluding hydrogens is 412 g/mol. The van der Waals surface area contributed by atoms with Crippen LogP contribution in [0.15, 0.2) is 30.3 Å². The summed E-state index contributed by atoms with van der Waals surface area (Å²) in [6, 6.07) is 10.7. The maximum Gasteiger partial charge on any atom is 0.275 e. The van der Waals surface area contributed by atoms with Crippen molar-refractivity contribution >= 4 is 11.8 Å². The highest BCUT2D eigenvalue weighted by atomic mass is 16.2. The SMILES string of the molecule is CCc1[nH]nc(C(=O)N2[C@H]3CCCC[C@H]4N(C(C)=O)[C@@H](Cc5ccccc5)[C@@H]2C[C@@]34C)c1C. The average molecular weight is 449 g/mol. The van der Waals surface area contributed by atoms with Crippen molar-refractivity contribution < 1.29 is 9.59 Å². The number of amides is 2. The molecule has 1 aromatic carbocycles. The number of aromatic nitrogens is 2. The van der Waals surface area contributed by atoms with Crippen LogP contribution in [0.25, 0.3) is 0 Å². The van der Waals surface area contributed by atoms with Gasteiger partial charge in [0.05, 0.1) is 12.1 Å². The molecule has 1 saturated carbocycles. The number of fused-ring (bicyclic) bond motifs is 1. The standard InChI is InChI=1S/C27H36N4O2/c1-5-20-17(2)25(29-28-20)26(33)31-22-16-27(4)23(13-9-10-14-24(27)31)30(18(3)32)21(22)15-19-11-7-6-8-12-19/h6-8,11-12,21-24H,5,9-10,13-16H2,1-4H3,(H,28,29)/t21-,22-,23+,24-,27+/m0/s1. The number of hydrogen-bond acceptors (Lipinski definition) is 3. The molecule has 2 aromatic rings. The molecule has 2 saturated heterocycles. The fourth-order valence-electron chi connectivity index (χ4n) is 7.20. The maximum atomic E-state index is 14.1. The molecule has 0 spiro atoms. The van der Waals surface area contributed by atoms with Gasteiger partial charge in [0.2, 0.25) is 5.91 Å². The highest BCUT2D eigenvalue weighted by molar-refractivity contribution is 5.95. The van der Waals surface area contributed by atoms with Crippen LogP contribution in [0, 0.1) is 12.3 Å². The third-order valence-corrected chi connectivity index (χ3v) is 8.76. The zero-order valence-corrected chi connectivity index (χ0v) is 20.3. The van der Waals surface area contributed by atoms with Gasteiger partial charge in [-0.1, -0.05) is 57.0 Å². The van der Waals surface area contributed by atoms with Gasteiger partial charge in [-0.05, 0) is 44.6 Å². The smallest absolute Gasteiger partial charge is 0.275 e. The van der Waals surface area contributed by atoms with Crippen molar-refractivity contribution in [2.45, 2.75) is 96.8 Å². The van der Waals surface area contributed by atoms with Gasteiger partial charge < -0.3 is 9.80 Å². The molecule has 176 valence electrons. The van der Waals surface area contributed by atoms with E-state index in [1.54, 1.807) is 6.92 Å². The zero-order valence-electron chi connectivity index (χ0n) is 20.3. The highest BCUT2D eigenvalue weighted by Gasteiger charge is 2.63. The number of benzene rings is 1. The maximum absolute atomic E-state index is 14.1. The Morgan fingerprint density at radius 1 is 1.12 bits per heavy atom. The van der Waals surface area contributed by atoms with Gasteiger partial charge in [-0.15, -0.1) is 0 Å². The van der Waals surface area contributed by atoms with Gasteiger partial charge in [-0.2, -0.15) is 5.10 Å². The number of carbonyl (C=O) groups is 2. The molecular formula is C27H36N4O2. The monoisotopic (exact) mass is 448 g/mol. The van der Waals surface area contributed by atoms with Crippen molar-refractivity contribution in [2.75, 3.05) is 0 Å². The fourth-order valence-corrected chi connectivity index (χ4v) is 7.20. The van der Waals surface area contributed by atoms with Crippen LogP contribution >= 0.6 is 0 Å². The molecule has 6 nitrogen and oxygen atoms in total. The highest BCUT2D eigenvalue weighted by Crippen LogP contribution is 2.56. The number of aromatic amines is 1. The van der Waals surface area contributed by atoms with E-state index >= 15 is 0 Å². The molecule has 5 rings (SSSR count). The average Bonchev–Trinajstić information content (AvgIpc) is 3.24. The number of likely N-dealkylation sites (tertiary alicyclic amines) is 2. The third-order valence-electron chi connectivity index (χ3n) is 8.76. The summed E-state index contributed by atoms with van der Waals surface area (Å²) in [5.74, 6) is 0.169. The Labute approximate surface area is 196 Å². The van der Waals surface area contributed by atoms with Crippen molar-refractivity contribution in [1.82, 2.24) is 20.0 Å². The summed E-state index contributed by atoms with van der Waals surface area (Å²) in [7, 11) is 0. The molecule has 2 bridgehead atoms. The van der Waals surface area contributed by atoms with E-state index in [0.717, 1.165) is 56.2 Å². The van der Waals surface area contributed by atoms with E-state index in [1.807, 2.05) is 13.0 Å². The first-order valence-corrected chi connectivity index (χ1v) is 12.6. The first-order chi connectivity index (χ1) is 15.9. The van der Waals surface area contributed by atoms with E-state index in [9.17, 15) is 9.59 Å². The van der Waals surface area contributed by atoms with Gasteiger partial charge in [0.15, 0.2) is 5.69 Å². The van der Waals surface area contributed by atoms with Gasteiger partial charge in [-0.3, -0.25) is 14.7 Å². The summed E-state index contributed by atoms with van der Waals surface area (Å²) in [6.07, 6.45) is 6.78. The molecule has 2 amide bonds. The van der Waals surface area contributed by atoms with E-state index in [1.165, 1.54) is 5.56 Å². The van der Waals surface area contributed by atoms with Crippen LogP contribution in [-0.4, -0.2) is 56.0 Å². The Kier molecular flexibility index (Phi) is 5.58. The fraction of sp³-hybridized carbons (Fsp3) is 0.593. The van der Waals surface area contributed by atoms with Crippen LogP contribution in [-0.2, 0) is 17.6 Å². The molecule has 0 radical (unpaired) electrons. The van der Waals surface area contributed by atoms with Crippen LogP contribution in [0.5, 0.6) is 0 Å². The molecule has 1 aromatic heterocycles. The van der Waals surface area contributed by atoms with Crippen molar-refractivity contribution in [1.29, 1.82) is 0 Å². The van der Waals surface area contributed by atoms with Crippen LogP contribution in [0.2, 0.25) is 0 Å². The van der Waals surface area contributed by atoms with Crippen molar-refractivity contribution in [2.24, 2.45) is 5.41 Å². The first kappa shape index (κ1) is 22.2. The van der Waals surface area contributed by atoms with Gasteiger partial charge in [-0.25, -0.2) is 0 Å². The molecule has 3 aliphatic rings. The number of nitrogens with zero attached hydrogens (tertiary/aromatic N) is 3. The van der Waals surface area contributed by atoms with Gasteiger partial charge in [0.25, 0.3) is 5.91 Å². The summed E-state index contributed by atoms with van der Waals surface area (Å²) in [5, 5.41) is 7.54. The third kappa shape index (κ3) is 3.41. The second-order valence-electron chi connectivity index (χ2n) is 10.5. The number of carbonyl (C=O) groups excluding carboxylic acids is 2. The molecule has 33 heavy (non-hydrogen) atoms.